The van der Waals surface area contributed by atoms with E-state index in [1.54, 1.807) is 17.0 Å². The lowest BCUT2D eigenvalue weighted by molar-refractivity contribution is -0.0594. The van der Waals surface area contributed by atoms with Gasteiger partial charge in [0.1, 0.15) is 18.5 Å². The molecule has 4 rings (SSSR count). The van der Waals surface area contributed by atoms with Crippen molar-refractivity contribution in [2.45, 2.75) is 102 Å². The molecule has 0 amide bonds. The number of rotatable bonds is 6. The predicted molar refractivity (Wildman–Crippen MR) is 154 cm³/mol. The molecule has 4 atom stereocenters. The minimum atomic E-state index is -3.01. The Kier molecular flexibility index (Phi) is 8.86. The smallest absolute Gasteiger partial charge is 0.335 e. The van der Waals surface area contributed by atoms with Crippen LogP contribution in [0, 0.1) is 0 Å². The minimum absolute atomic E-state index is 0.0836. The number of hydrogen-bond donors (Lipinski definition) is 1. The summed E-state index contributed by atoms with van der Waals surface area (Å²) in [6.45, 7) is 17.3. The van der Waals surface area contributed by atoms with Gasteiger partial charge in [-0.15, -0.1) is 0 Å². The Labute approximate surface area is 236 Å². The van der Waals surface area contributed by atoms with Crippen molar-refractivity contribution in [2.75, 3.05) is 6.61 Å². The van der Waals surface area contributed by atoms with Crippen molar-refractivity contribution in [3.05, 3.63) is 51.8 Å². The van der Waals surface area contributed by atoms with Gasteiger partial charge in [0.05, 0.1) is 6.61 Å². The summed E-state index contributed by atoms with van der Waals surface area (Å²) in [4.78, 5) is 31.1. The highest BCUT2D eigenvalue weighted by Crippen LogP contribution is 2.48. The van der Waals surface area contributed by atoms with Crippen LogP contribution in [0.2, 0.25) is 22.2 Å². The van der Waals surface area contributed by atoms with E-state index in [-0.39, 0.29) is 33.9 Å². The first-order valence-electron chi connectivity index (χ1n) is 13.5. The SMILES string of the molecule is CC(C)[Si]1(C(C)C)OC[C@H]2O[C@@H](n3ccc(=O)[nH]c3=O)C(OC(=S)n3ccnc3)[C@H]2O[Si](C(C)C)(C(C)C)O1. The summed E-state index contributed by atoms with van der Waals surface area (Å²) < 4.78 is 37.0. The van der Waals surface area contributed by atoms with Crippen LogP contribution in [0.25, 0.3) is 0 Å². The minimum Gasteiger partial charge on any atom is -0.459 e. The molecular weight excluding hydrogens is 557 g/mol. The lowest BCUT2D eigenvalue weighted by atomic mass is 10.1. The fraction of sp³-hybridized carbons (Fsp3) is 0.680. The van der Waals surface area contributed by atoms with Gasteiger partial charge in [-0.25, -0.2) is 9.78 Å². The maximum Gasteiger partial charge on any atom is 0.335 e. The van der Waals surface area contributed by atoms with Crippen molar-refractivity contribution in [3.8, 4) is 0 Å². The Balaban J connectivity index is 1.84. The summed E-state index contributed by atoms with van der Waals surface area (Å²) >= 11 is 5.59. The molecule has 2 aliphatic rings. The molecule has 2 aromatic heterocycles. The predicted octanol–water partition coefficient (Wildman–Crippen LogP) is 3.81. The standard InChI is InChI=1S/C25H40N4O7SSi2/c1-15(2)38(16(3)4)32-13-19-21(35-39(36-38,17(5)6)18(7)8)22(34-25(37)28-12-10-26-14-28)23(33-19)29-11-9-20(30)27-24(29)31/h9-12,14-19,21-23H,13H2,1-8H3,(H,27,30,31)/t19-,21+,22?,23-/m1/s1. The van der Waals surface area contributed by atoms with Crippen LogP contribution in [0.3, 0.4) is 0 Å². The normalized spacial score (nSPS) is 26.6. The number of H-pyrrole nitrogens is 1. The number of ether oxygens (including phenoxy) is 2. The molecule has 0 spiro atoms. The number of nitrogens with zero attached hydrogens (tertiary/aromatic N) is 3. The second-order valence-corrected chi connectivity index (χ2v) is 20.7. The summed E-state index contributed by atoms with van der Waals surface area (Å²) in [6.07, 6.45) is 3.21. The Morgan fingerprint density at radius 2 is 1.69 bits per heavy atom. The Morgan fingerprint density at radius 3 is 2.23 bits per heavy atom. The zero-order valence-electron chi connectivity index (χ0n) is 23.8. The summed E-state index contributed by atoms with van der Waals surface area (Å²) in [6, 6.07) is 1.27. The quantitative estimate of drug-likeness (QED) is 0.392. The molecule has 0 saturated carbocycles. The highest BCUT2D eigenvalue weighted by molar-refractivity contribution is 7.80. The first kappa shape index (κ1) is 30.0. The number of fused-ring (bicyclic) bond motifs is 1. The zero-order chi connectivity index (χ0) is 28.7. The molecule has 39 heavy (non-hydrogen) atoms. The van der Waals surface area contributed by atoms with Crippen LogP contribution in [0.1, 0.15) is 61.6 Å². The highest BCUT2D eigenvalue weighted by atomic mass is 32.1. The fourth-order valence-electron chi connectivity index (χ4n) is 5.64. The van der Waals surface area contributed by atoms with E-state index in [0.29, 0.717) is 0 Å². The van der Waals surface area contributed by atoms with Crippen molar-refractivity contribution < 1.29 is 22.4 Å². The third-order valence-electron chi connectivity index (χ3n) is 7.69. The van der Waals surface area contributed by atoms with Crippen LogP contribution in [0.5, 0.6) is 0 Å². The maximum absolute atomic E-state index is 12.9. The maximum atomic E-state index is 12.9. The molecule has 1 unspecified atom stereocenters. The Bertz CT molecular complexity index is 1250. The molecule has 0 radical (unpaired) electrons. The monoisotopic (exact) mass is 596 g/mol. The molecule has 0 aromatic carbocycles. The lowest BCUT2D eigenvalue weighted by Crippen LogP contribution is -2.66. The van der Waals surface area contributed by atoms with E-state index in [9.17, 15) is 9.59 Å². The van der Waals surface area contributed by atoms with Gasteiger partial charge in [0.15, 0.2) is 12.3 Å². The average molecular weight is 597 g/mol. The largest absolute Gasteiger partial charge is 0.459 e. The van der Waals surface area contributed by atoms with Gasteiger partial charge in [-0.1, -0.05) is 55.4 Å². The highest BCUT2D eigenvalue weighted by Gasteiger charge is 2.62. The second-order valence-electron chi connectivity index (χ2n) is 11.5. The number of imidazole rings is 1. The molecule has 2 fully saturated rings. The van der Waals surface area contributed by atoms with Crippen molar-refractivity contribution in [1.29, 1.82) is 0 Å². The first-order chi connectivity index (χ1) is 18.3. The molecule has 0 bridgehead atoms. The fourth-order valence-corrected chi connectivity index (χ4v) is 17.1. The molecule has 14 heteroatoms. The van der Waals surface area contributed by atoms with E-state index in [1.165, 1.54) is 23.2 Å². The van der Waals surface area contributed by atoms with Gasteiger partial charge in [0.2, 0.25) is 0 Å². The molecule has 0 aliphatic carbocycles. The van der Waals surface area contributed by atoms with E-state index in [0.717, 1.165) is 0 Å². The van der Waals surface area contributed by atoms with Crippen LogP contribution in [0.4, 0.5) is 0 Å². The van der Waals surface area contributed by atoms with Crippen LogP contribution < -0.4 is 11.2 Å². The summed E-state index contributed by atoms with van der Waals surface area (Å²) in [5.74, 6) is 0. The zero-order valence-corrected chi connectivity index (χ0v) is 26.6. The van der Waals surface area contributed by atoms with Crippen LogP contribution >= 0.6 is 12.2 Å². The number of aromatic amines is 1. The number of hydrogen-bond acceptors (Lipinski definition) is 9. The van der Waals surface area contributed by atoms with Crippen molar-refractivity contribution in [2.24, 2.45) is 0 Å². The van der Waals surface area contributed by atoms with Gasteiger partial charge in [0, 0.05) is 24.7 Å². The van der Waals surface area contributed by atoms with Gasteiger partial charge >= 0.3 is 22.8 Å². The van der Waals surface area contributed by atoms with E-state index < -0.39 is 52.9 Å². The van der Waals surface area contributed by atoms with Crippen LogP contribution in [0.15, 0.2) is 40.6 Å². The summed E-state index contributed by atoms with van der Waals surface area (Å²) in [7, 11) is -5.81. The van der Waals surface area contributed by atoms with Gasteiger partial charge in [0.25, 0.3) is 10.7 Å². The Hall–Kier alpha value is -1.95. The molecule has 4 heterocycles. The van der Waals surface area contributed by atoms with Gasteiger partial charge in [-0.2, -0.15) is 0 Å². The number of nitrogens with one attached hydrogen (secondary N) is 1. The van der Waals surface area contributed by atoms with E-state index in [1.807, 2.05) is 0 Å². The number of thiocarbonyl (C=S) groups is 1. The lowest BCUT2D eigenvalue weighted by Gasteiger charge is -2.51. The topological polar surface area (TPSA) is 119 Å². The molecule has 2 aromatic rings. The van der Waals surface area contributed by atoms with Crippen LogP contribution in [-0.4, -0.2) is 66.3 Å². The van der Waals surface area contributed by atoms with Crippen LogP contribution in [-0.2, 0) is 22.4 Å². The van der Waals surface area contributed by atoms with Gasteiger partial charge in [-0.3, -0.25) is 18.9 Å². The van der Waals surface area contributed by atoms with Crippen molar-refractivity contribution in [1.82, 2.24) is 19.1 Å². The third kappa shape index (κ3) is 5.52. The van der Waals surface area contributed by atoms with E-state index >= 15 is 0 Å². The summed E-state index contributed by atoms with van der Waals surface area (Å²) in [5.41, 5.74) is -0.620. The molecular formula is C25H40N4O7SSi2. The number of aromatic nitrogens is 4. The molecule has 1 N–H and O–H groups in total. The molecule has 11 nitrogen and oxygen atoms in total. The third-order valence-corrected chi connectivity index (χ3v) is 18.3. The van der Waals surface area contributed by atoms with Crippen molar-refractivity contribution >= 4 is 34.5 Å². The first-order valence-corrected chi connectivity index (χ1v) is 17.8. The Morgan fingerprint density at radius 1 is 1.05 bits per heavy atom. The molecule has 2 saturated heterocycles. The molecule has 216 valence electrons. The van der Waals surface area contributed by atoms with E-state index in [4.69, 9.17) is 34.7 Å². The summed E-state index contributed by atoms with van der Waals surface area (Å²) in [5, 5.41) is 0.131. The van der Waals surface area contributed by atoms with E-state index in [2.05, 4.69) is 65.4 Å². The van der Waals surface area contributed by atoms with Gasteiger partial charge < -0.3 is 22.4 Å². The molecule has 2 aliphatic heterocycles. The van der Waals surface area contributed by atoms with Crippen molar-refractivity contribution in [3.63, 3.8) is 0 Å². The second kappa shape index (κ2) is 11.5. The van der Waals surface area contributed by atoms with Gasteiger partial charge in [-0.05, 0) is 34.4 Å². The average Bonchev–Trinajstić information content (AvgIpc) is 3.48.